The summed E-state index contributed by atoms with van der Waals surface area (Å²) >= 11 is 7.35. The number of halogens is 1. The van der Waals surface area contributed by atoms with Crippen LogP contribution in [0.4, 0.5) is 0 Å². The maximum atomic E-state index is 12.8. The van der Waals surface area contributed by atoms with Crippen LogP contribution in [0.3, 0.4) is 0 Å². The summed E-state index contributed by atoms with van der Waals surface area (Å²) in [6.07, 6.45) is 2.01. The van der Waals surface area contributed by atoms with Crippen molar-refractivity contribution in [2.24, 2.45) is 0 Å². The number of rotatable bonds is 4. The number of benzene rings is 1. The van der Waals surface area contributed by atoms with E-state index < -0.39 is 16.1 Å². The van der Waals surface area contributed by atoms with Gasteiger partial charge in [-0.2, -0.15) is 4.31 Å². The zero-order valence-electron chi connectivity index (χ0n) is 12.1. The third-order valence-corrected chi connectivity index (χ3v) is 7.23. The van der Waals surface area contributed by atoms with Crippen LogP contribution in [-0.4, -0.2) is 54.3 Å². The van der Waals surface area contributed by atoms with Crippen molar-refractivity contribution in [1.82, 2.24) is 9.21 Å². The molecule has 8 heteroatoms. The summed E-state index contributed by atoms with van der Waals surface area (Å²) in [7, 11) is -1.96. The van der Waals surface area contributed by atoms with Gasteiger partial charge in [0.15, 0.2) is 0 Å². The summed E-state index contributed by atoms with van der Waals surface area (Å²) in [5, 5.41) is 0.367. The second-order valence-corrected chi connectivity index (χ2v) is 8.87. The highest BCUT2D eigenvalue weighted by atomic mass is 35.5. The number of carbonyl (C=O) groups is 1. The van der Waals surface area contributed by atoms with E-state index in [-0.39, 0.29) is 16.8 Å². The maximum Gasteiger partial charge on any atom is 0.244 e. The molecule has 1 amide bonds. The standard InChI is InChI=1S/C14H17ClN2O3S2/c1-16(11-5-6-11)14(18)13-8-21-9-17(13)22(19,20)12-4-2-3-10(15)7-12/h2-4,7,11,13H,5-6,8-9H2,1H3. The number of hydrogen-bond donors (Lipinski definition) is 0. The van der Waals surface area contributed by atoms with E-state index in [1.165, 1.54) is 28.2 Å². The van der Waals surface area contributed by atoms with E-state index in [9.17, 15) is 13.2 Å². The first-order valence-corrected chi connectivity index (χ1v) is 10.0. The van der Waals surface area contributed by atoms with Crippen molar-refractivity contribution in [3.05, 3.63) is 29.3 Å². The fraction of sp³-hybridized carbons (Fsp3) is 0.500. The van der Waals surface area contributed by atoms with E-state index in [1.54, 1.807) is 24.1 Å². The normalized spacial score (nSPS) is 22.7. The molecule has 0 spiro atoms. The third kappa shape index (κ3) is 2.99. The van der Waals surface area contributed by atoms with Crippen LogP contribution in [0.25, 0.3) is 0 Å². The van der Waals surface area contributed by atoms with Gasteiger partial charge in [-0.1, -0.05) is 17.7 Å². The molecule has 1 heterocycles. The summed E-state index contributed by atoms with van der Waals surface area (Å²) in [6.45, 7) is 0. The van der Waals surface area contributed by atoms with Crippen molar-refractivity contribution < 1.29 is 13.2 Å². The molecule has 1 aliphatic carbocycles. The summed E-state index contributed by atoms with van der Waals surface area (Å²) in [5.74, 6) is 0.678. The van der Waals surface area contributed by atoms with Gasteiger partial charge < -0.3 is 4.90 Å². The molecule has 2 aliphatic rings. The van der Waals surface area contributed by atoms with Gasteiger partial charge in [-0.25, -0.2) is 8.42 Å². The lowest BCUT2D eigenvalue weighted by molar-refractivity contribution is -0.133. The van der Waals surface area contributed by atoms with Crippen molar-refractivity contribution in [2.75, 3.05) is 18.7 Å². The molecule has 1 saturated heterocycles. The molecule has 0 N–H and O–H groups in total. The highest BCUT2D eigenvalue weighted by Crippen LogP contribution is 2.32. The molecule has 0 aromatic heterocycles. The van der Waals surface area contributed by atoms with Crippen molar-refractivity contribution >= 4 is 39.3 Å². The molecular weight excluding hydrogens is 344 g/mol. The van der Waals surface area contributed by atoms with Gasteiger partial charge in [-0.05, 0) is 31.0 Å². The number of amides is 1. The molecule has 1 saturated carbocycles. The van der Waals surface area contributed by atoms with E-state index >= 15 is 0 Å². The molecule has 0 radical (unpaired) electrons. The molecule has 5 nitrogen and oxygen atoms in total. The van der Waals surface area contributed by atoms with Crippen LogP contribution in [0.15, 0.2) is 29.2 Å². The predicted molar refractivity (Wildman–Crippen MR) is 87.4 cm³/mol. The summed E-state index contributed by atoms with van der Waals surface area (Å²) in [4.78, 5) is 14.4. The first-order chi connectivity index (χ1) is 10.4. The third-order valence-electron chi connectivity index (χ3n) is 3.97. The Balaban J connectivity index is 1.87. The van der Waals surface area contributed by atoms with Gasteiger partial charge in [-0.15, -0.1) is 11.8 Å². The van der Waals surface area contributed by atoms with E-state index in [2.05, 4.69) is 0 Å². The Hall–Kier alpha value is -0.760. The Kier molecular flexibility index (Phi) is 4.42. The van der Waals surface area contributed by atoms with Crippen molar-refractivity contribution in [3.8, 4) is 0 Å². The largest absolute Gasteiger partial charge is 0.341 e. The molecule has 22 heavy (non-hydrogen) atoms. The smallest absolute Gasteiger partial charge is 0.244 e. The fourth-order valence-electron chi connectivity index (χ4n) is 2.50. The fourth-order valence-corrected chi connectivity index (χ4v) is 5.93. The van der Waals surface area contributed by atoms with Crippen LogP contribution in [0.1, 0.15) is 12.8 Å². The highest BCUT2D eigenvalue weighted by Gasteiger charge is 2.43. The van der Waals surface area contributed by atoms with Crippen LogP contribution in [0.5, 0.6) is 0 Å². The predicted octanol–water partition coefficient (Wildman–Crippen LogP) is 2.02. The van der Waals surface area contributed by atoms with Gasteiger partial charge in [0.25, 0.3) is 0 Å². The van der Waals surface area contributed by atoms with E-state index in [0.717, 1.165) is 12.8 Å². The monoisotopic (exact) mass is 360 g/mol. The van der Waals surface area contributed by atoms with Gasteiger partial charge in [0.2, 0.25) is 15.9 Å². The Bertz CT molecular complexity index is 691. The number of likely N-dealkylation sites (N-methyl/N-ethyl adjacent to an activating group) is 1. The summed E-state index contributed by atoms with van der Waals surface area (Å²) in [5.41, 5.74) is 0. The second-order valence-electron chi connectivity index (χ2n) is 5.55. The van der Waals surface area contributed by atoms with Gasteiger partial charge in [0, 0.05) is 23.9 Å². The number of hydrogen-bond acceptors (Lipinski definition) is 4. The van der Waals surface area contributed by atoms with Crippen LogP contribution < -0.4 is 0 Å². The topological polar surface area (TPSA) is 57.7 Å². The molecule has 1 aromatic rings. The van der Waals surface area contributed by atoms with E-state index in [1.807, 2.05) is 0 Å². The maximum absolute atomic E-state index is 12.8. The van der Waals surface area contributed by atoms with Crippen molar-refractivity contribution in [3.63, 3.8) is 0 Å². The SMILES string of the molecule is CN(C(=O)C1CSCN1S(=O)(=O)c1cccc(Cl)c1)C1CC1. The lowest BCUT2D eigenvalue weighted by atomic mass is 10.3. The first-order valence-electron chi connectivity index (χ1n) is 7.03. The number of nitrogens with zero attached hydrogens (tertiary/aromatic N) is 2. The minimum atomic E-state index is -3.71. The molecular formula is C14H17ClN2O3S2. The van der Waals surface area contributed by atoms with Crippen molar-refractivity contribution in [1.29, 1.82) is 0 Å². The lowest BCUT2D eigenvalue weighted by Crippen LogP contribution is -2.48. The molecule has 2 fully saturated rings. The number of carbonyl (C=O) groups excluding carboxylic acids is 1. The van der Waals surface area contributed by atoms with E-state index in [0.29, 0.717) is 16.7 Å². The minimum Gasteiger partial charge on any atom is -0.341 e. The Morgan fingerprint density at radius 1 is 1.41 bits per heavy atom. The summed E-state index contributed by atoms with van der Waals surface area (Å²) < 4.78 is 26.9. The lowest BCUT2D eigenvalue weighted by Gasteiger charge is -2.26. The minimum absolute atomic E-state index is 0.113. The molecule has 120 valence electrons. The van der Waals surface area contributed by atoms with Crippen LogP contribution in [0.2, 0.25) is 5.02 Å². The zero-order valence-corrected chi connectivity index (χ0v) is 14.5. The van der Waals surface area contributed by atoms with Gasteiger partial charge in [0.05, 0.1) is 10.8 Å². The Morgan fingerprint density at radius 3 is 2.77 bits per heavy atom. The number of thioether (sulfide) groups is 1. The van der Waals surface area contributed by atoms with Gasteiger partial charge in [0.1, 0.15) is 6.04 Å². The molecule has 1 unspecified atom stereocenters. The number of sulfonamides is 1. The van der Waals surface area contributed by atoms with Crippen LogP contribution >= 0.6 is 23.4 Å². The quantitative estimate of drug-likeness (QED) is 0.824. The highest BCUT2D eigenvalue weighted by molar-refractivity contribution is 8.00. The molecule has 0 bridgehead atoms. The average Bonchev–Trinajstić information content (AvgIpc) is 3.21. The molecule has 3 rings (SSSR count). The van der Waals surface area contributed by atoms with E-state index in [4.69, 9.17) is 11.6 Å². The van der Waals surface area contributed by atoms with Gasteiger partial charge in [-0.3, -0.25) is 4.79 Å². The second kappa shape index (κ2) is 6.03. The first kappa shape index (κ1) is 16.1. The molecule has 1 aromatic carbocycles. The zero-order chi connectivity index (χ0) is 15.9. The van der Waals surface area contributed by atoms with Crippen LogP contribution in [-0.2, 0) is 14.8 Å². The van der Waals surface area contributed by atoms with Gasteiger partial charge >= 0.3 is 0 Å². The average molecular weight is 361 g/mol. The summed E-state index contributed by atoms with van der Waals surface area (Å²) in [6, 6.07) is 5.81. The van der Waals surface area contributed by atoms with Crippen molar-refractivity contribution in [2.45, 2.75) is 29.8 Å². The Labute approximate surface area is 139 Å². The molecule has 1 atom stereocenters. The molecule has 1 aliphatic heterocycles. The Morgan fingerprint density at radius 2 is 2.14 bits per heavy atom. The van der Waals surface area contributed by atoms with Crippen LogP contribution in [0, 0.1) is 0 Å².